The third-order valence-corrected chi connectivity index (χ3v) is 6.30. The summed E-state index contributed by atoms with van der Waals surface area (Å²) in [5, 5.41) is 14.3. The number of nitrogens with zero attached hydrogens (tertiary/aromatic N) is 2. The van der Waals surface area contributed by atoms with Crippen LogP contribution in [0.25, 0.3) is 28.0 Å². The van der Waals surface area contributed by atoms with Crippen LogP contribution in [0.4, 0.5) is 11.4 Å². The van der Waals surface area contributed by atoms with Gasteiger partial charge in [-0.3, -0.25) is 10.1 Å². The number of pyridine rings is 1. The van der Waals surface area contributed by atoms with Crippen LogP contribution in [0.1, 0.15) is 32.0 Å². The first-order valence-corrected chi connectivity index (χ1v) is 11.9. The maximum Gasteiger partial charge on any atom is 0.357 e. The van der Waals surface area contributed by atoms with Crippen molar-refractivity contribution in [1.82, 2.24) is 4.98 Å². The Labute approximate surface area is 232 Å². The summed E-state index contributed by atoms with van der Waals surface area (Å²) < 4.78 is 19.9. The molecule has 0 bridgehead atoms. The van der Waals surface area contributed by atoms with E-state index in [2.05, 4.69) is 10.3 Å². The van der Waals surface area contributed by atoms with E-state index < -0.39 is 40.1 Å². The highest BCUT2D eigenvalue weighted by Gasteiger charge is 2.38. The molecule has 41 heavy (non-hydrogen) atoms. The normalized spacial score (nSPS) is 11.7. The average Bonchev–Trinajstić information content (AvgIpc) is 3.12. The van der Waals surface area contributed by atoms with Crippen molar-refractivity contribution in [3.8, 4) is 22.4 Å². The van der Waals surface area contributed by atoms with Crippen molar-refractivity contribution >= 4 is 40.8 Å². The molecule has 0 radical (unpaired) electrons. The molecule has 0 fully saturated rings. The van der Waals surface area contributed by atoms with E-state index in [1.54, 1.807) is 25.1 Å². The molecule has 3 aromatic rings. The number of esters is 4. The summed E-state index contributed by atoms with van der Waals surface area (Å²) in [4.78, 5) is 68.1. The van der Waals surface area contributed by atoms with Gasteiger partial charge in [-0.1, -0.05) is 11.6 Å². The summed E-state index contributed by atoms with van der Waals surface area (Å²) in [5.41, 5.74) is -0.412. The van der Waals surface area contributed by atoms with E-state index in [4.69, 9.17) is 18.9 Å². The van der Waals surface area contributed by atoms with Crippen LogP contribution < -0.4 is 5.32 Å². The molecule has 0 atom stereocenters. The van der Waals surface area contributed by atoms with Crippen LogP contribution in [0.5, 0.6) is 0 Å². The van der Waals surface area contributed by atoms with Crippen molar-refractivity contribution < 1.29 is 43.0 Å². The second-order valence-electron chi connectivity index (χ2n) is 8.63. The van der Waals surface area contributed by atoms with Gasteiger partial charge in [0.15, 0.2) is 5.69 Å². The van der Waals surface area contributed by atoms with Crippen molar-refractivity contribution in [3.63, 3.8) is 0 Å². The lowest BCUT2D eigenvalue weighted by molar-refractivity contribution is -0.384. The number of nitrogens with one attached hydrogen (secondary N) is 1. The molecule has 0 aliphatic carbocycles. The predicted octanol–water partition coefficient (Wildman–Crippen LogP) is 3.69. The van der Waals surface area contributed by atoms with E-state index in [-0.39, 0.29) is 39.3 Å². The molecule has 0 saturated carbocycles. The molecule has 1 aliphatic rings. The number of rotatable bonds is 6. The highest BCUT2D eigenvalue weighted by molar-refractivity contribution is 6.28. The van der Waals surface area contributed by atoms with Gasteiger partial charge in [0.2, 0.25) is 0 Å². The monoisotopic (exact) mass is 561 g/mol. The minimum atomic E-state index is -1.03. The van der Waals surface area contributed by atoms with Crippen molar-refractivity contribution in [2.24, 2.45) is 0 Å². The second-order valence-corrected chi connectivity index (χ2v) is 8.63. The number of aromatic nitrogens is 1. The molecule has 1 aromatic heterocycles. The largest absolute Gasteiger partial charge is 0.465 e. The smallest absolute Gasteiger partial charge is 0.357 e. The Bertz CT molecular complexity index is 1660. The van der Waals surface area contributed by atoms with E-state index in [0.29, 0.717) is 11.3 Å². The van der Waals surface area contributed by atoms with E-state index in [1.807, 2.05) is 0 Å². The van der Waals surface area contributed by atoms with Gasteiger partial charge in [-0.15, -0.1) is 0 Å². The average molecular weight is 562 g/mol. The highest BCUT2D eigenvalue weighted by atomic mass is 16.6. The first-order chi connectivity index (χ1) is 19.6. The van der Waals surface area contributed by atoms with Gasteiger partial charge < -0.3 is 24.3 Å². The Hall–Kier alpha value is -5.59. The fourth-order valence-corrected chi connectivity index (χ4v) is 4.45. The molecule has 0 saturated heterocycles. The Morgan fingerprint density at radius 3 is 1.98 bits per heavy atom. The number of nitro groups is 1. The molecule has 13 nitrogen and oxygen atoms in total. The zero-order chi connectivity index (χ0) is 30.0. The fraction of sp³-hybridized carbons (Fsp3) is 0.179. The van der Waals surface area contributed by atoms with E-state index in [1.165, 1.54) is 24.3 Å². The molecule has 0 spiro atoms. The third-order valence-electron chi connectivity index (χ3n) is 6.30. The van der Waals surface area contributed by atoms with Crippen LogP contribution in [0.3, 0.4) is 0 Å². The van der Waals surface area contributed by atoms with E-state index >= 15 is 0 Å². The summed E-state index contributed by atoms with van der Waals surface area (Å²) in [6.45, 7) is 1.79. The molecule has 0 unspecified atom stereocenters. The van der Waals surface area contributed by atoms with Crippen molar-refractivity contribution in [2.75, 3.05) is 33.8 Å². The van der Waals surface area contributed by atoms with Gasteiger partial charge in [-0.25, -0.2) is 24.2 Å². The molecule has 0 amide bonds. The van der Waals surface area contributed by atoms with Crippen LogP contribution in [0.15, 0.2) is 48.2 Å². The molecular weight excluding hydrogens is 538 g/mol. The lowest BCUT2D eigenvalue weighted by Crippen LogP contribution is -2.21. The number of methoxy groups -OCH3 is 4. The first-order valence-electron chi connectivity index (χ1n) is 11.9. The number of nitro benzene ring substituents is 1. The number of ether oxygens (including phenoxy) is 4. The summed E-state index contributed by atoms with van der Waals surface area (Å²) in [5.74, 6) is -3.98. The number of non-ortho nitro benzene ring substituents is 1. The topological polar surface area (TPSA) is 173 Å². The van der Waals surface area contributed by atoms with Gasteiger partial charge in [-0.05, 0) is 36.8 Å². The lowest BCUT2D eigenvalue weighted by Gasteiger charge is -2.21. The zero-order valence-corrected chi connectivity index (χ0v) is 22.5. The second kappa shape index (κ2) is 11.3. The number of fused-ring (bicyclic) bond motifs is 3. The van der Waals surface area contributed by atoms with Gasteiger partial charge in [0.1, 0.15) is 16.8 Å². The molecular formula is C28H23N3O10. The van der Waals surface area contributed by atoms with E-state index in [9.17, 15) is 29.3 Å². The maximum absolute atomic E-state index is 13.4. The van der Waals surface area contributed by atoms with Gasteiger partial charge in [-0.2, -0.15) is 0 Å². The van der Waals surface area contributed by atoms with Crippen LogP contribution in [0.2, 0.25) is 0 Å². The van der Waals surface area contributed by atoms with Crippen LogP contribution in [-0.4, -0.2) is 62.2 Å². The zero-order valence-electron chi connectivity index (χ0n) is 22.5. The minimum Gasteiger partial charge on any atom is -0.465 e. The predicted molar refractivity (Wildman–Crippen MR) is 144 cm³/mol. The van der Waals surface area contributed by atoms with E-state index in [0.717, 1.165) is 34.0 Å². The number of anilines is 1. The number of carbonyl (C=O) groups excluding carboxylic acids is 4. The minimum absolute atomic E-state index is 0.0110. The molecule has 2 heterocycles. The standard InChI is InChI=1S/C28H23N3O10/c1-13-6-11-17-16(12-13)22-19(21(26(33)39-3)23(29-17)27(34)40-4)18(14-7-9-15(10-8-14)31(36)37)20(25(32)38-2)24(30-22)28(35)41-5/h6-12,29H,1-5H3. The Morgan fingerprint density at radius 2 is 1.41 bits per heavy atom. The maximum atomic E-state index is 13.4. The summed E-state index contributed by atoms with van der Waals surface area (Å²) >= 11 is 0. The van der Waals surface area contributed by atoms with Crippen molar-refractivity contribution in [1.29, 1.82) is 0 Å². The highest BCUT2D eigenvalue weighted by Crippen LogP contribution is 2.46. The molecule has 1 aliphatic heterocycles. The van der Waals surface area contributed by atoms with Crippen LogP contribution >= 0.6 is 0 Å². The number of hydrogen-bond acceptors (Lipinski definition) is 12. The van der Waals surface area contributed by atoms with Crippen LogP contribution in [-0.2, 0) is 28.5 Å². The summed E-state index contributed by atoms with van der Waals surface area (Å²) in [6, 6.07) is 10.1. The molecule has 210 valence electrons. The number of carbonyl (C=O) groups is 4. The van der Waals surface area contributed by atoms with Crippen molar-refractivity contribution in [3.05, 3.63) is 80.7 Å². The van der Waals surface area contributed by atoms with Gasteiger partial charge in [0.05, 0.1) is 39.1 Å². The quantitative estimate of drug-likeness (QED) is 0.200. The molecule has 1 N–H and O–H groups in total. The summed E-state index contributed by atoms with van der Waals surface area (Å²) in [7, 11) is 4.38. The summed E-state index contributed by atoms with van der Waals surface area (Å²) in [6.07, 6.45) is 0. The first kappa shape index (κ1) is 28.4. The molecule has 13 heteroatoms. The Balaban J connectivity index is 2.36. The SMILES string of the molecule is COC(=O)C1=C(C(=O)OC)c2c(nc(C(=O)OC)c(C(=O)OC)c2-c2ccc([N+](=O)[O-])cc2)-c2cc(C)ccc2N1. The van der Waals surface area contributed by atoms with Gasteiger partial charge >= 0.3 is 23.9 Å². The Morgan fingerprint density at radius 1 is 0.805 bits per heavy atom. The third kappa shape index (κ3) is 4.95. The lowest BCUT2D eigenvalue weighted by atomic mass is 9.86. The fourth-order valence-electron chi connectivity index (χ4n) is 4.45. The molecule has 2 aromatic carbocycles. The van der Waals surface area contributed by atoms with Gasteiger partial charge in [0.25, 0.3) is 5.69 Å². The van der Waals surface area contributed by atoms with Crippen molar-refractivity contribution in [2.45, 2.75) is 6.92 Å². The van der Waals surface area contributed by atoms with Gasteiger partial charge in [0, 0.05) is 34.5 Å². The number of hydrogen-bond donors (Lipinski definition) is 1. The Kier molecular flexibility index (Phi) is 7.80. The van der Waals surface area contributed by atoms with Crippen LogP contribution in [0, 0.1) is 17.0 Å². The number of benzene rings is 2. The number of aryl methyl sites for hydroxylation is 1. The molecule has 4 rings (SSSR count).